The van der Waals surface area contributed by atoms with Gasteiger partial charge in [0.05, 0.1) is 16.6 Å². The normalized spacial score (nSPS) is 11.5. The number of nitro benzene ring substituents is 1. The highest BCUT2D eigenvalue weighted by Gasteiger charge is 2.17. The molecule has 2 rings (SSSR count). The Labute approximate surface area is 114 Å². The highest BCUT2D eigenvalue weighted by Crippen LogP contribution is 2.25. The van der Waals surface area contributed by atoms with Crippen molar-refractivity contribution in [1.82, 2.24) is 0 Å². The van der Waals surface area contributed by atoms with Crippen LogP contribution in [0.2, 0.25) is 0 Å². The van der Waals surface area contributed by atoms with E-state index >= 15 is 0 Å². The molecule has 0 aliphatic carbocycles. The Kier molecular flexibility index (Phi) is 3.95. The van der Waals surface area contributed by atoms with Gasteiger partial charge >= 0.3 is 0 Å². The quantitative estimate of drug-likeness (QED) is 0.519. The zero-order valence-electron chi connectivity index (χ0n) is 10.2. The molecule has 0 amide bonds. The second-order valence-electron chi connectivity index (χ2n) is 3.97. The molecule has 1 N–H and O–H groups in total. The number of thiophene rings is 1. The average Bonchev–Trinajstić information content (AvgIpc) is 2.88. The van der Waals surface area contributed by atoms with Gasteiger partial charge in [-0.25, -0.2) is 0 Å². The highest BCUT2D eigenvalue weighted by molar-refractivity contribution is 7.08. The molecule has 0 saturated carbocycles. The third-order valence-electron chi connectivity index (χ3n) is 2.55. The van der Waals surface area contributed by atoms with Crippen LogP contribution in [0.3, 0.4) is 0 Å². The van der Waals surface area contributed by atoms with E-state index in [1.165, 1.54) is 13.0 Å². The van der Waals surface area contributed by atoms with Gasteiger partial charge in [0, 0.05) is 22.6 Å². The van der Waals surface area contributed by atoms with Crippen LogP contribution in [-0.4, -0.2) is 10.0 Å². The fourth-order valence-corrected chi connectivity index (χ4v) is 2.20. The number of hydrogen-bond acceptors (Lipinski definition) is 4. The molecule has 0 saturated heterocycles. The number of aliphatic hydroxyl groups excluding tert-OH is 1. The summed E-state index contributed by atoms with van der Waals surface area (Å²) in [7, 11) is 0. The maximum atomic E-state index is 10.8. The van der Waals surface area contributed by atoms with Crippen LogP contribution in [0, 0.1) is 22.0 Å². The molecule has 1 unspecified atom stereocenters. The highest BCUT2D eigenvalue weighted by atomic mass is 32.1. The molecule has 19 heavy (non-hydrogen) atoms. The van der Waals surface area contributed by atoms with E-state index in [9.17, 15) is 15.2 Å². The number of rotatable bonds is 2. The lowest BCUT2D eigenvalue weighted by Gasteiger charge is -2.05. The lowest BCUT2D eigenvalue weighted by Crippen LogP contribution is -1.99. The van der Waals surface area contributed by atoms with E-state index in [-0.39, 0.29) is 11.3 Å². The summed E-state index contributed by atoms with van der Waals surface area (Å²) in [5.41, 5.74) is 1.74. The molecule has 0 bridgehead atoms. The summed E-state index contributed by atoms with van der Waals surface area (Å²) in [4.78, 5) is 10.3. The van der Waals surface area contributed by atoms with E-state index < -0.39 is 11.0 Å². The molecule has 2 aromatic rings. The van der Waals surface area contributed by atoms with Crippen molar-refractivity contribution in [3.63, 3.8) is 0 Å². The second-order valence-corrected chi connectivity index (χ2v) is 4.75. The number of aliphatic hydroxyl groups is 1. The maximum Gasteiger partial charge on any atom is 0.275 e. The van der Waals surface area contributed by atoms with E-state index in [0.29, 0.717) is 5.56 Å². The molecule has 0 fully saturated rings. The predicted octanol–water partition coefficient (Wildman–Crippen LogP) is 3.11. The van der Waals surface area contributed by atoms with Gasteiger partial charge in [-0.2, -0.15) is 11.3 Å². The fourth-order valence-electron chi connectivity index (χ4n) is 1.61. The van der Waals surface area contributed by atoms with E-state index in [2.05, 4.69) is 11.8 Å². The van der Waals surface area contributed by atoms with Crippen molar-refractivity contribution in [1.29, 1.82) is 0 Å². The maximum absolute atomic E-state index is 10.8. The summed E-state index contributed by atoms with van der Waals surface area (Å²) in [5, 5.41) is 24.3. The molecule has 0 spiro atoms. The van der Waals surface area contributed by atoms with Gasteiger partial charge in [-0.1, -0.05) is 11.8 Å². The Bertz CT molecular complexity index is 651. The topological polar surface area (TPSA) is 63.4 Å². The standard InChI is InChI=1S/C14H11NO3S/c1-10(16)13-8-11(4-5-14(13)15(17)18)2-3-12-6-7-19-9-12/h4-10,16H,1H3. The van der Waals surface area contributed by atoms with Crippen LogP contribution in [0.15, 0.2) is 35.0 Å². The first-order chi connectivity index (χ1) is 9.08. The van der Waals surface area contributed by atoms with E-state index in [0.717, 1.165) is 5.56 Å². The van der Waals surface area contributed by atoms with Crippen LogP contribution < -0.4 is 0 Å². The lowest BCUT2D eigenvalue weighted by atomic mass is 10.0. The zero-order chi connectivity index (χ0) is 13.8. The molecule has 96 valence electrons. The van der Waals surface area contributed by atoms with Gasteiger partial charge in [-0.05, 0) is 30.5 Å². The van der Waals surface area contributed by atoms with Gasteiger partial charge in [-0.3, -0.25) is 10.1 Å². The minimum absolute atomic E-state index is 0.0870. The molecule has 0 aliphatic rings. The third-order valence-corrected chi connectivity index (χ3v) is 3.23. The molecular formula is C14H11NO3S. The Hall–Kier alpha value is -2.16. The largest absolute Gasteiger partial charge is 0.388 e. The first-order valence-electron chi connectivity index (χ1n) is 5.58. The summed E-state index contributed by atoms with van der Waals surface area (Å²) < 4.78 is 0. The number of nitro groups is 1. The van der Waals surface area contributed by atoms with Gasteiger partial charge in [0.2, 0.25) is 0 Å². The van der Waals surface area contributed by atoms with Crippen molar-refractivity contribution in [2.45, 2.75) is 13.0 Å². The van der Waals surface area contributed by atoms with Gasteiger partial charge in [-0.15, -0.1) is 0 Å². The molecule has 1 aromatic carbocycles. The predicted molar refractivity (Wildman–Crippen MR) is 74.0 cm³/mol. The second kappa shape index (κ2) is 5.65. The van der Waals surface area contributed by atoms with Crippen molar-refractivity contribution in [2.24, 2.45) is 0 Å². The Morgan fingerprint density at radius 1 is 1.32 bits per heavy atom. The Morgan fingerprint density at radius 2 is 2.05 bits per heavy atom. The van der Waals surface area contributed by atoms with Gasteiger partial charge in [0.25, 0.3) is 5.69 Å². The first-order valence-corrected chi connectivity index (χ1v) is 6.53. The molecule has 1 atom stereocenters. The van der Waals surface area contributed by atoms with Crippen LogP contribution in [0.5, 0.6) is 0 Å². The molecule has 5 heteroatoms. The monoisotopic (exact) mass is 273 g/mol. The van der Waals surface area contributed by atoms with E-state index in [4.69, 9.17) is 0 Å². The fraction of sp³-hybridized carbons (Fsp3) is 0.143. The van der Waals surface area contributed by atoms with Crippen molar-refractivity contribution in [3.05, 3.63) is 61.8 Å². The van der Waals surface area contributed by atoms with Crippen LogP contribution in [0.1, 0.15) is 29.7 Å². The Balaban J connectivity index is 2.38. The van der Waals surface area contributed by atoms with Gasteiger partial charge < -0.3 is 5.11 Å². The summed E-state index contributed by atoms with van der Waals surface area (Å²) in [6.45, 7) is 1.50. The summed E-state index contributed by atoms with van der Waals surface area (Å²) >= 11 is 1.56. The average molecular weight is 273 g/mol. The van der Waals surface area contributed by atoms with Crippen LogP contribution in [0.25, 0.3) is 0 Å². The number of nitrogens with zero attached hydrogens (tertiary/aromatic N) is 1. The minimum Gasteiger partial charge on any atom is -0.388 e. The van der Waals surface area contributed by atoms with Crippen molar-refractivity contribution >= 4 is 17.0 Å². The smallest absolute Gasteiger partial charge is 0.275 e. The van der Waals surface area contributed by atoms with Crippen LogP contribution in [-0.2, 0) is 0 Å². The van der Waals surface area contributed by atoms with Crippen LogP contribution in [0.4, 0.5) is 5.69 Å². The summed E-state index contributed by atoms with van der Waals surface area (Å²) in [5.74, 6) is 5.90. The van der Waals surface area contributed by atoms with E-state index in [1.807, 2.05) is 16.8 Å². The van der Waals surface area contributed by atoms with Gasteiger partial charge in [0.15, 0.2) is 0 Å². The first kappa shape index (κ1) is 13.3. The van der Waals surface area contributed by atoms with Crippen LogP contribution >= 0.6 is 11.3 Å². The van der Waals surface area contributed by atoms with Crippen molar-refractivity contribution in [2.75, 3.05) is 0 Å². The van der Waals surface area contributed by atoms with Gasteiger partial charge in [0.1, 0.15) is 0 Å². The SMILES string of the molecule is CC(O)c1cc(C#Cc2ccsc2)ccc1[N+](=O)[O-]. The molecule has 1 aromatic heterocycles. The number of benzene rings is 1. The molecule has 0 aliphatic heterocycles. The molecule has 1 heterocycles. The Morgan fingerprint density at radius 3 is 2.63 bits per heavy atom. The minimum atomic E-state index is -0.900. The number of hydrogen-bond donors (Lipinski definition) is 1. The summed E-state index contributed by atoms with van der Waals surface area (Å²) in [6.07, 6.45) is -0.900. The van der Waals surface area contributed by atoms with Crippen molar-refractivity contribution in [3.8, 4) is 11.8 Å². The zero-order valence-corrected chi connectivity index (χ0v) is 11.0. The molecule has 0 radical (unpaired) electrons. The lowest BCUT2D eigenvalue weighted by molar-refractivity contribution is -0.386. The van der Waals surface area contributed by atoms with Crippen molar-refractivity contribution < 1.29 is 10.0 Å². The molecular weight excluding hydrogens is 262 g/mol. The summed E-state index contributed by atoms with van der Waals surface area (Å²) in [6, 6.07) is 6.42. The third kappa shape index (κ3) is 3.19. The molecule has 4 nitrogen and oxygen atoms in total. The van der Waals surface area contributed by atoms with E-state index in [1.54, 1.807) is 23.5 Å².